The van der Waals surface area contributed by atoms with Crippen LogP contribution in [0.4, 0.5) is 0 Å². The number of methoxy groups -OCH3 is 2. The number of aromatic nitrogens is 2. The molecule has 0 saturated carbocycles. The molecule has 1 aliphatic rings. The number of likely N-dealkylation sites (tertiary alicyclic amines) is 1. The van der Waals surface area contributed by atoms with Crippen molar-refractivity contribution in [2.24, 2.45) is 0 Å². The van der Waals surface area contributed by atoms with Crippen LogP contribution in [0.15, 0.2) is 58.7 Å². The van der Waals surface area contributed by atoms with E-state index < -0.39 is 0 Å². The summed E-state index contributed by atoms with van der Waals surface area (Å²) in [7, 11) is 3.37. The molecule has 0 amide bonds. The van der Waals surface area contributed by atoms with Gasteiger partial charge in [-0.05, 0) is 43.1 Å². The molecule has 4 aromatic rings. The lowest BCUT2D eigenvalue weighted by molar-refractivity contribution is 0.236. The topological polar surface area (TPSA) is 67.5 Å². The van der Waals surface area contributed by atoms with E-state index in [0.717, 1.165) is 52.4 Å². The Balaban J connectivity index is 1.46. The normalized spacial score (nSPS) is 16.5. The molecular formula is C25H25N3O3S. The van der Waals surface area contributed by atoms with E-state index in [0.29, 0.717) is 17.8 Å². The van der Waals surface area contributed by atoms with Crippen molar-refractivity contribution in [3.63, 3.8) is 0 Å². The zero-order valence-electron chi connectivity index (χ0n) is 18.1. The number of ether oxygens (including phenoxy) is 2. The van der Waals surface area contributed by atoms with E-state index in [4.69, 9.17) is 14.5 Å². The van der Waals surface area contributed by atoms with Crippen LogP contribution in [0.1, 0.15) is 30.3 Å². The van der Waals surface area contributed by atoms with Crippen LogP contribution in [0.3, 0.4) is 0 Å². The van der Waals surface area contributed by atoms with E-state index in [-0.39, 0.29) is 11.6 Å². The molecule has 0 bridgehead atoms. The fourth-order valence-electron chi connectivity index (χ4n) is 4.56. The molecule has 1 atom stereocenters. The first-order chi connectivity index (χ1) is 15.7. The number of hydrogen-bond donors (Lipinski definition) is 1. The zero-order valence-corrected chi connectivity index (χ0v) is 18.9. The molecule has 2 aromatic carbocycles. The summed E-state index contributed by atoms with van der Waals surface area (Å²) in [4.78, 5) is 24.0. The molecule has 1 N–H and O–H groups in total. The van der Waals surface area contributed by atoms with E-state index >= 15 is 0 Å². The van der Waals surface area contributed by atoms with Crippen LogP contribution in [0.25, 0.3) is 21.3 Å². The predicted molar refractivity (Wildman–Crippen MR) is 128 cm³/mol. The van der Waals surface area contributed by atoms with Crippen molar-refractivity contribution in [3.05, 3.63) is 75.7 Å². The molecule has 0 aliphatic carbocycles. The van der Waals surface area contributed by atoms with Gasteiger partial charge in [-0.3, -0.25) is 9.69 Å². The second-order valence-corrected chi connectivity index (χ2v) is 8.80. The van der Waals surface area contributed by atoms with Gasteiger partial charge in [-0.1, -0.05) is 30.3 Å². The lowest BCUT2D eigenvalue weighted by atomic mass is 10.0. The number of thiophene rings is 1. The Morgan fingerprint density at radius 2 is 2.00 bits per heavy atom. The largest absolute Gasteiger partial charge is 0.497 e. The molecular weight excluding hydrogens is 422 g/mol. The van der Waals surface area contributed by atoms with Gasteiger partial charge in [0.15, 0.2) is 0 Å². The number of aromatic amines is 1. The highest BCUT2D eigenvalue weighted by Gasteiger charge is 2.29. The molecule has 0 radical (unpaired) electrons. The van der Waals surface area contributed by atoms with Gasteiger partial charge in [0.2, 0.25) is 0 Å². The molecule has 7 heteroatoms. The first kappa shape index (κ1) is 20.7. The Bertz CT molecular complexity index is 1300. The first-order valence-corrected chi connectivity index (χ1v) is 11.6. The average molecular weight is 448 g/mol. The molecule has 0 spiro atoms. The summed E-state index contributed by atoms with van der Waals surface area (Å²) in [6.07, 6.45) is 2.10. The van der Waals surface area contributed by atoms with Crippen molar-refractivity contribution >= 4 is 21.6 Å². The molecule has 1 aliphatic heterocycles. The molecule has 2 aromatic heterocycles. The van der Waals surface area contributed by atoms with Crippen LogP contribution >= 0.6 is 11.3 Å². The quantitative estimate of drug-likeness (QED) is 0.450. The molecule has 5 rings (SSSR count). The maximum atomic E-state index is 13.0. The third-order valence-corrected chi connectivity index (χ3v) is 6.96. The monoisotopic (exact) mass is 447 g/mol. The maximum Gasteiger partial charge on any atom is 0.260 e. The van der Waals surface area contributed by atoms with Crippen molar-refractivity contribution in [2.45, 2.75) is 25.4 Å². The summed E-state index contributed by atoms with van der Waals surface area (Å²) in [6.45, 7) is 1.52. The minimum atomic E-state index is -0.0835. The van der Waals surface area contributed by atoms with E-state index in [9.17, 15) is 4.79 Å². The third kappa shape index (κ3) is 3.78. The Morgan fingerprint density at radius 3 is 2.78 bits per heavy atom. The number of nitrogens with zero attached hydrogens (tertiary/aromatic N) is 2. The van der Waals surface area contributed by atoms with Crippen molar-refractivity contribution in [2.75, 3.05) is 20.8 Å². The number of nitrogens with one attached hydrogen (secondary N) is 1. The van der Waals surface area contributed by atoms with Crippen LogP contribution in [0.5, 0.6) is 11.5 Å². The molecule has 1 fully saturated rings. The maximum absolute atomic E-state index is 13.0. The minimum absolute atomic E-state index is 0.0835. The second kappa shape index (κ2) is 8.76. The number of fused-ring (bicyclic) bond motifs is 1. The Morgan fingerprint density at radius 1 is 1.16 bits per heavy atom. The van der Waals surface area contributed by atoms with Crippen molar-refractivity contribution < 1.29 is 9.47 Å². The van der Waals surface area contributed by atoms with Crippen molar-refractivity contribution in [1.29, 1.82) is 0 Å². The standard InChI is InChI=1S/C25H25N3O3S/c1-30-17-10-11-21(31-2)18(13-17)20-9-6-12-28(20)14-22-26-24(29)23-19(15-32-25(23)27-22)16-7-4-3-5-8-16/h3-5,7-8,10-11,13,15,20H,6,9,12,14H2,1-2H3,(H,26,27,29)/t20-/m1/s1. The van der Waals surface area contributed by atoms with E-state index in [2.05, 4.69) is 9.88 Å². The summed E-state index contributed by atoms with van der Waals surface area (Å²) in [5.41, 5.74) is 2.99. The Kier molecular flexibility index (Phi) is 5.68. The summed E-state index contributed by atoms with van der Waals surface area (Å²) in [6, 6.07) is 16.1. The van der Waals surface area contributed by atoms with Gasteiger partial charge in [0.25, 0.3) is 5.56 Å². The van der Waals surface area contributed by atoms with Crippen LogP contribution < -0.4 is 15.0 Å². The molecule has 164 valence electrons. The summed E-state index contributed by atoms with van der Waals surface area (Å²) < 4.78 is 11.1. The SMILES string of the molecule is COc1ccc(OC)c([C@H]2CCCN2Cc2nc3scc(-c4ccccc4)c3c(=O)[nH]2)c1. The molecule has 1 saturated heterocycles. The highest BCUT2D eigenvalue weighted by Crippen LogP contribution is 2.39. The predicted octanol–water partition coefficient (Wildman–Crippen LogP) is 5.01. The van der Waals surface area contributed by atoms with Gasteiger partial charge in [0.1, 0.15) is 22.2 Å². The number of hydrogen-bond acceptors (Lipinski definition) is 6. The fourth-order valence-corrected chi connectivity index (χ4v) is 5.53. The minimum Gasteiger partial charge on any atom is -0.497 e. The van der Waals surface area contributed by atoms with E-state index in [1.807, 2.05) is 53.9 Å². The Labute approximate surface area is 190 Å². The van der Waals surface area contributed by atoms with Crippen LogP contribution in [0.2, 0.25) is 0 Å². The van der Waals surface area contributed by atoms with Gasteiger partial charge in [0.05, 0.1) is 26.2 Å². The summed E-state index contributed by atoms with van der Waals surface area (Å²) in [5, 5.41) is 2.68. The highest BCUT2D eigenvalue weighted by atomic mass is 32.1. The zero-order chi connectivity index (χ0) is 22.1. The van der Waals surface area contributed by atoms with Gasteiger partial charge < -0.3 is 14.5 Å². The highest BCUT2D eigenvalue weighted by molar-refractivity contribution is 7.17. The van der Waals surface area contributed by atoms with Crippen molar-refractivity contribution in [3.8, 4) is 22.6 Å². The van der Waals surface area contributed by atoms with Crippen molar-refractivity contribution in [1.82, 2.24) is 14.9 Å². The molecule has 0 unspecified atom stereocenters. The van der Waals surface area contributed by atoms with E-state index in [1.165, 1.54) is 11.3 Å². The first-order valence-electron chi connectivity index (χ1n) is 10.7. The number of rotatable bonds is 6. The lowest BCUT2D eigenvalue weighted by Gasteiger charge is -2.26. The summed E-state index contributed by atoms with van der Waals surface area (Å²) >= 11 is 1.52. The van der Waals surface area contributed by atoms with Gasteiger partial charge in [-0.2, -0.15) is 0 Å². The van der Waals surface area contributed by atoms with E-state index in [1.54, 1.807) is 14.2 Å². The van der Waals surface area contributed by atoms with Gasteiger partial charge in [-0.25, -0.2) is 4.98 Å². The lowest BCUT2D eigenvalue weighted by Crippen LogP contribution is -2.26. The second-order valence-electron chi connectivity index (χ2n) is 7.94. The van der Waals surface area contributed by atoms with Crippen LogP contribution in [-0.2, 0) is 6.54 Å². The van der Waals surface area contributed by atoms with Gasteiger partial charge >= 0.3 is 0 Å². The fraction of sp³-hybridized carbons (Fsp3) is 0.280. The average Bonchev–Trinajstić information content (AvgIpc) is 3.46. The molecule has 6 nitrogen and oxygen atoms in total. The number of benzene rings is 2. The van der Waals surface area contributed by atoms with Gasteiger partial charge in [0, 0.05) is 22.5 Å². The van der Waals surface area contributed by atoms with Crippen LogP contribution in [0, 0.1) is 0 Å². The van der Waals surface area contributed by atoms with Gasteiger partial charge in [-0.15, -0.1) is 11.3 Å². The third-order valence-electron chi connectivity index (χ3n) is 6.09. The van der Waals surface area contributed by atoms with Crippen LogP contribution in [-0.4, -0.2) is 35.6 Å². The summed E-state index contributed by atoms with van der Waals surface area (Å²) in [5.74, 6) is 2.36. The number of H-pyrrole nitrogens is 1. The smallest absolute Gasteiger partial charge is 0.260 e. The molecule has 32 heavy (non-hydrogen) atoms. The Hall–Kier alpha value is -3.16. The molecule has 3 heterocycles.